The number of nitrogens with one attached hydrogen (secondary N) is 1. The quantitative estimate of drug-likeness (QED) is 0.869. The molecule has 6 nitrogen and oxygen atoms in total. The van der Waals surface area contributed by atoms with E-state index < -0.39 is 11.9 Å². The lowest BCUT2D eigenvalue weighted by Crippen LogP contribution is -2.38. The van der Waals surface area contributed by atoms with E-state index in [-0.39, 0.29) is 12.6 Å². The monoisotopic (exact) mass is 332 g/mol. The Bertz CT molecular complexity index is 581. The van der Waals surface area contributed by atoms with Crippen LogP contribution in [-0.4, -0.2) is 41.2 Å². The second kappa shape index (κ2) is 7.55. The first-order valence-electron chi connectivity index (χ1n) is 8.63. The molecule has 1 heterocycles. The average Bonchev–Trinajstić information content (AvgIpc) is 3.25. The lowest BCUT2D eigenvalue weighted by Gasteiger charge is -2.17. The highest BCUT2D eigenvalue weighted by Gasteiger charge is 2.30. The number of nitrogens with zero attached hydrogens (tertiary/aromatic N) is 1. The van der Waals surface area contributed by atoms with E-state index in [1.54, 1.807) is 4.90 Å². The molecule has 1 aliphatic carbocycles. The molecule has 1 aliphatic heterocycles. The summed E-state index contributed by atoms with van der Waals surface area (Å²) in [5.41, 5.74) is 0.996. The zero-order chi connectivity index (χ0) is 16.9. The molecule has 6 heteroatoms. The first-order chi connectivity index (χ1) is 11.6. The maximum atomic E-state index is 12.1. The second-order valence-electron chi connectivity index (χ2n) is 6.60. The third-order valence-electron chi connectivity index (χ3n) is 4.80. The van der Waals surface area contributed by atoms with Gasteiger partial charge in [0.1, 0.15) is 5.75 Å². The minimum atomic E-state index is -0.830. The molecule has 1 saturated carbocycles. The van der Waals surface area contributed by atoms with Crippen molar-refractivity contribution in [1.82, 2.24) is 10.2 Å². The first-order valence-corrected chi connectivity index (χ1v) is 8.63. The number of hydrogen-bond acceptors (Lipinski definition) is 3. The number of benzene rings is 1. The van der Waals surface area contributed by atoms with Crippen molar-refractivity contribution in [2.75, 3.05) is 13.1 Å². The van der Waals surface area contributed by atoms with Gasteiger partial charge in [0, 0.05) is 19.6 Å². The van der Waals surface area contributed by atoms with Crippen molar-refractivity contribution in [1.29, 1.82) is 0 Å². The molecule has 0 aromatic heterocycles. The fourth-order valence-corrected chi connectivity index (χ4v) is 3.32. The van der Waals surface area contributed by atoms with Crippen LogP contribution in [0.4, 0.5) is 4.79 Å². The molecule has 2 aliphatic rings. The molecule has 24 heavy (non-hydrogen) atoms. The molecule has 1 atom stereocenters. The van der Waals surface area contributed by atoms with Crippen LogP contribution in [0.5, 0.6) is 5.75 Å². The number of likely N-dealkylation sites (tertiary alicyclic amines) is 1. The Hall–Kier alpha value is -2.24. The van der Waals surface area contributed by atoms with Crippen molar-refractivity contribution in [2.45, 2.75) is 44.8 Å². The van der Waals surface area contributed by atoms with Crippen LogP contribution in [0, 0.1) is 5.92 Å². The molecule has 1 aromatic carbocycles. The molecule has 130 valence electrons. The number of aliphatic carboxylic acids is 1. The fraction of sp³-hybridized carbons (Fsp3) is 0.556. The number of rotatable bonds is 5. The summed E-state index contributed by atoms with van der Waals surface area (Å²) in [6, 6.07) is 7.58. The summed E-state index contributed by atoms with van der Waals surface area (Å²) in [5.74, 6) is -0.397. The standard InChI is InChI=1S/C18H24N2O4/c21-17(22)14-9-10-20(12-14)18(23)19-11-13-5-7-16(8-6-13)24-15-3-1-2-4-15/h5-8,14-15H,1-4,9-12H2,(H,19,23)(H,21,22). The van der Waals surface area contributed by atoms with E-state index in [0.29, 0.717) is 25.6 Å². The van der Waals surface area contributed by atoms with Gasteiger partial charge in [0.15, 0.2) is 0 Å². The Morgan fingerprint density at radius 2 is 1.88 bits per heavy atom. The number of carbonyl (C=O) groups excluding carboxylic acids is 1. The Balaban J connectivity index is 1.44. The van der Waals surface area contributed by atoms with Crippen molar-refractivity contribution >= 4 is 12.0 Å². The molecule has 0 bridgehead atoms. The Labute approximate surface area is 141 Å². The summed E-state index contributed by atoms with van der Waals surface area (Å²) in [6.07, 6.45) is 5.61. The maximum absolute atomic E-state index is 12.1. The van der Waals surface area contributed by atoms with E-state index in [1.807, 2.05) is 24.3 Å². The van der Waals surface area contributed by atoms with Gasteiger partial charge in [-0.2, -0.15) is 0 Å². The van der Waals surface area contributed by atoms with Crippen molar-refractivity contribution in [3.8, 4) is 5.75 Å². The van der Waals surface area contributed by atoms with Gasteiger partial charge in [-0.15, -0.1) is 0 Å². The van der Waals surface area contributed by atoms with Gasteiger partial charge in [-0.05, 0) is 49.8 Å². The number of carboxylic acid groups (broad SMARTS) is 1. The lowest BCUT2D eigenvalue weighted by molar-refractivity contribution is -0.141. The summed E-state index contributed by atoms with van der Waals surface area (Å²) in [5, 5.41) is 11.8. The molecule has 1 saturated heterocycles. The highest BCUT2D eigenvalue weighted by Crippen LogP contribution is 2.24. The smallest absolute Gasteiger partial charge is 0.317 e. The summed E-state index contributed by atoms with van der Waals surface area (Å²) >= 11 is 0. The number of carbonyl (C=O) groups is 2. The van der Waals surface area contributed by atoms with E-state index in [9.17, 15) is 9.59 Å². The van der Waals surface area contributed by atoms with Crippen LogP contribution in [0.2, 0.25) is 0 Å². The summed E-state index contributed by atoms with van der Waals surface area (Å²) in [6.45, 7) is 1.21. The van der Waals surface area contributed by atoms with Crippen molar-refractivity contribution in [3.05, 3.63) is 29.8 Å². The molecule has 2 fully saturated rings. The van der Waals surface area contributed by atoms with Crippen LogP contribution in [0.3, 0.4) is 0 Å². The minimum Gasteiger partial charge on any atom is -0.490 e. The van der Waals surface area contributed by atoms with E-state index >= 15 is 0 Å². The molecular formula is C18H24N2O4. The third-order valence-corrected chi connectivity index (χ3v) is 4.80. The molecule has 2 amide bonds. The van der Waals surface area contributed by atoms with Gasteiger partial charge in [0.05, 0.1) is 12.0 Å². The largest absolute Gasteiger partial charge is 0.490 e. The Morgan fingerprint density at radius 1 is 1.17 bits per heavy atom. The molecule has 1 unspecified atom stereocenters. The van der Waals surface area contributed by atoms with Gasteiger partial charge in [-0.3, -0.25) is 4.79 Å². The molecule has 1 aromatic rings. The van der Waals surface area contributed by atoms with Gasteiger partial charge in [0.2, 0.25) is 0 Å². The molecule has 2 N–H and O–H groups in total. The number of urea groups is 1. The number of amides is 2. The van der Waals surface area contributed by atoms with E-state index in [2.05, 4.69) is 5.32 Å². The minimum absolute atomic E-state index is 0.204. The molecular weight excluding hydrogens is 308 g/mol. The van der Waals surface area contributed by atoms with Crippen LogP contribution < -0.4 is 10.1 Å². The second-order valence-corrected chi connectivity index (χ2v) is 6.60. The number of carboxylic acids is 1. The average molecular weight is 332 g/mol. The topological polar surface area (TPSA) is 78.9 Å². The normalized spacial score (nSPS) is 21.0. The van der Waals surface area contributed by atoms with Crippen molar-refractivity contribution in [2.24, 2.45) is 5.92 Å². The summed E-state index contributed by atoms with van der Waals surface area (Å²) < 4.78 is 5.92. The SMILES string of the molecule is O=C(O)C1CCN(C(=O)NCc2ccc(OC3CCCC3)cc2)C1. The van der Waals surface area contributed by atoms with E-state index in [4.69, 9.17) is 9.84 Å². The van der Waals surface area contributed by atoms with Crippen LogP contribution in [0.25, 0.3) is 0 Å². The van der Waals surface area contributed by atoms with Crippen LogP contribution in [0.1, 0.15) is 37.7 Å². The summed E-state index contributed by atoms with van der Waals surface area (Å²) in [4.78, 5) is 24.6. The van der Waals surface area contributed by atoms with Gasteiger partial charge in [-0.25, -0.2) is 4.79 Å². The molecule has 0 spiro atoms. The molecule has 0 radical (unpaired) electrons. The van der Waals surface area contributed by atoms with Gasteiger partial charge >= 0.3 is 12.0 Å². The van der Waals surface area contributed by atoms with E-state index in [1.165, 1.54) is 12.8 Å². The van der Waals surface area contributed by atoms with Crippen molar-refractivity contribution in [3.63, 3.8) is 0 Å². The highest BCUT2D eigenvalue weighted by atomic mass is 16.5. The third kappa shape index (κ3) is 4.19. The number of ether oxygens (including phenoxy) is 1. The predicted molar refractivity (Wildman–Crippen MR) is 88.9 cm³/mol. The fourth-order valence-electron chi connectivity index (χ4n) is 3.32. The Kier molecular flexibility index (Phi) is 5.23. The number of hydrogen-bond donors (Lipinski definition) is 2. The van der Waals surface area contributed by atoms with Crippen LogP contribution in [-0.2, 0) is 11.3 Å². The highest BCUT2D eigenvalue weighted by molar-refractivity contribution is 5.77. The van der Waals surface area contributed by atoms with Gasteiger partial charge in [0.25, 0.3) is 0 Å². The predicted octanol–water partition coefficient (Wildman–Crippen LogP) is 2.62. The summed E-state index contributed by atoms with van der Waals surface area (Å²) in [7, 11) is 0. The van der Waals surface area contributed by atoms with Gasteiger partial charge in [-0.1, -0.05) is 12.1 Å². The van der Waals surface area contributed by atoms with Gasteiger partial charge < -0.3 is 20.1 Å². The van der Waals surface area contributed by atoms with E-state index in [0.717, 1.165) is 24.2 Å². The van der Waals surface area contributed by atoms with Crippen LogP contribution >= 0.6 is 0 Å². The first kappa shape index (κ1) is 16.6. The maximum Gasteiger partial charge on any atom is 0.317 e. The molecule has 3 rings (SSSR count). The lowest BCUT2D eigenvalue weighted by atomic mass is 10.1. The van der Waals surface area contributed by atoms with Crippen LogP contribution in [0.15, 0.2) is 24.3 Å². The van der Waals surface area contributed by atoms with Crippen molar-refractivity contribution < 1.29 is 19.4 Å². The zero-order valence-corrected chi connectivity index (χ0v) is 13.7. The Morgan fingerprint density at radius 3 is 2.50 bits per heavy atom. The zero-order valence-electron chi connectivity index (χ0n) is 13.7.